The van der Waals surface area contributed by atoms with E-state index in [4.69, 9.17) is 24.5 Å². The number of aromatic amines is 1. The number of carboxylic acid groups (broad SMARTS) is 2. The number of hydrogen-bond donors (Lipinski definition) is 4. The molecule has 2 saturated heterocycles. The molecule has 3 heterocycles. The second-order valence-corrected chi connectivity index (χ2v) is 7.14. The quantitative estimate of drug-likeness (QED) is 0.475. The Morgan fingerprint density at radius 3 is 2.52 bits per heavy atom. The zero-order valence-corrected chi connectivity index (χ0v) is 17.3. The molecule has 0 spiro atoms. The first-order chi connectivity index (χ1) is 14.9. The van der Waals surface area contributed by atoms with Crippen LogP contribution in [0.5, 0.6) is 0 Å². The van der Waals surface area contributed by atoms with Crippen LogP contribution >= 0.6 is 0 Å². The molecule has 0 saturated carbocycles. The van der Waals surface area contributed by atoms with Gasteiger partial charge in [-0.2, -0.15) is 0 Å². The number of β-amino-alcohol motifs (C(OH)–C–C–N with tert-alkyl or cyclic N) is 1. The molecule has 1 aromatic heterocycles. The molecule has 0 aliphatic carbocycles. The van der Waals surface area contributed by atoms with E-state index >= 15 is 0 Å². The van der Waals surface area contributed by atoms with Gasteiger partial charge in [-0.1, -0.05) is 6.07 Å². The minimum atomic E-state index is -0.486. The molecule has 170 valence electrons. The molecule has 0 bridgehead atoms. The lowest BCUT2D eigenvalue weighted by molar-refractivity contribution is -0.130. The summed E-state index contributed by atoms with van der Waals surface area (Å²) < 4.78 is 5.37. The summed E-state index contributed by atoms with van der Waals surface area (Å²) in [6.07, 6.45) is -0.143. The van der Waals surface area contributed by atoms with E-state index in [0.29, 0.717) is 32.7 Å². The number of amides is 1. The smallest absolute Gasteiger partial charge is 0.290 e. The van der Waals surface area contributed by atoms with Crippen molar-refractivity contribution >= 4 is 29.9 Å². The summed E-state index contributed by atoms with van der Waals surface area (Å²) in [6.45, 7) is 5.45. The SMILES string of the molecule is Cc1nc2ccc(CC(=O)N3C[C@H](O)[C@@H](N4CCOCC4)C3)cc2[nH]1.O=CO.O=CO. The van der Waals surface area contributed by atoms with Gasteiger partial charge in [0.2, 0.25) is 5.91 Å². The van der Waals surface area contributed by atoms with Crippen LogP contribution in [0.2, 0.25) is 0 Å². The average molecular weight is 436 g/mol. The number of aliphatic hydroxyl groups is 1. The standard InChI is InChI=1S/C18H24N4O3.2CH2O2/c1-12-19-14-3-2-13(8-15(14)20-12)9-18(24)22-10-16(17(23)11-22)21-4-6-25-7-5-21;2*2-1-3/h2-3,8,16-17,23H,4-7,9-11H2,1H3,(H,19,20);2*1H,(H,2,3)/t16-,17-;;/m0../s1. The number of fused-ring (bicyclic) bond motifs is 1. The molecule has 2 atom stereocenters. The molecule has 2 aromatic rings. The van der Waals surface area contributed by atoms with E-state index in [-0.39, 0.29) is 24.9 Å². The molecular weight excluding hydrogens is 408 g/mol. The van der Waals surface area contributed by atoms with Gasteiger partial charge < -0.3 is 29.9 Å². The monoisotopic (exact) mass is 436 g/mol. The molecule has 11 heteroatoms. The van der Waals surface area contributed by atoms with Gasteiger partial charge in [0, 0.05) is 26.2 Å². The molecule has 0 radical (unpaired) electrons. The maximum atomic E-state index is 12.7. The van der Waals surface area contributed by atoms with E-state index in [1.807, 2.05) is 25.1 Å². The highest BCUT2D eigenvalue weighted by Crippen LogP contribution is 2.20. The highest BCUT2D eigenvalue weighted by atomic mass is 16.5. The summed E-state index contributed by atoms with van der Waals surface area (Å²) in [5.41, 5.74) is 2.83. The van der Waals surface area contributed by atoms with Crippen LogP contribution in [0.4, 0.5) is 0 Å². The number of ether oxygens (including phenoxy) is 1. The number of rotatable bonds is 3. The van der Waals surface area contributed by atoms with Crippen LogP contribution in [0.3, 0.4) is 0 Å². The first-order valence-electron chi connectivity index (χ1n) is 9.82. The summed E-state index contributed by atoms with van der Waals surface area (Å²) >= 11 is 0. The molecule has 0 unspecified atom stereocenters. The Morgan fingerprint density at radius 1 is 1.23 bits per heavy atom. The van der Waals surface area contributed by atoms with E-state index in [9.17, 15) is 9.90 Å². The topological polar surface area (TPSA) is 156 Å². The number of aromatic nitrogens is 2. The Balaban J connectivity index is 0.000000513. The molecule has 2 aliphatic heterocycles. The van der Waals surface area contributed by atoms with E-state index in [1.165, 1.54) is 0 Å². The second-order valence-electron chi connectivity index (χ2n) is 7.14. The van der Waals surface area contributed by atoms with Crippen LogP contribution in [0.1, 0.15) is 11.4 Å². The Kier molecular flexibility index (Phi) is 9.38. The minimum Gasteiger partial charge on any atom is -0.483 e. The van der Waals surface area contributed by atoms with Crippen LogP contribution in [0, 0.1) is 6.92 Å². The zero-order chi connectivity index (χ0) is 22.8. The number of nitrogens with zero attached hydrogens (tertiary/aromatic N) is 3. The van der Waals surface area contributed by atoms with Gasteiger partial charge in [0.25, 0.3) is 12.9 Å². The third-order valence-corrected chi connectivity index (χ3v) is 5.15. The fourth-order valence-electron chi connectivity index (χ4n) is 3.82. The number of H-pyrrole nitrogens is 1. The minimum absolute atomic E-state index is 0.0191. The number of carbonyl (C=O) groups excluding carboxylic acids is 1. The van der Waals surface area contributed by atoms with Crippen molar-refractivity contribution in [1.29, 1.82) is 0 Å². The Hall–Kier alpha value is -3.02. The highest BCUT2D eigenvalue weighted by molar-refractivity contribution is 5.82. The second kappa shape index (κ2) is 12.0. The van der Waals surface area contributed by atoms with Crippen LogP contribution in [0.25, 0.3) is 11.0 Å². The lowest BCUT2D eigenvalue weighted by Gasteiger charge is -2.33. The number of carbonyl (C=O) groups is 3. The first kappa shape index (κ1) is 24.3. The number of nitrogens with one attached hydrogen (secondary N) is 1. The van der Waals surface area contributed by atoms with Gasteiger partial charge in [-0.25, -0.2) is 4.98 Å². The number of imidazole rings is 1. The summed E-state index contributed by atoms with van der Waals surface area (Å²) in [7, 11) is 0. The van der Waals surface area contributed by atoms with Crippen molar-refractivity contribution in [1.82, 2.24) is 19.8 Å². The number of aliphatic hydroxyl groups excluding tert-OH is 1. The number of likely N-dealkylation sites (tertiary alicyclic amines) is 1. The van der Waals surface area contributed by atoms with Crippen molar-refractivity contribution in [3.8, 4) is 0 Å². The third-order valence-electron chi connectivity index (χ3n) is 5.15. The number of benzene rings is 1. The normalized spacial score (nSPS) is 20.9. The van der Waals surface area contributed by atoms with Gasteiger partial charge >= 0.3 is 0 Å². The van der Waals surface area contributed by atoms with Crippen molar-refractivity contribution in [3.05, 3.63) is 29.6 Å². The number of aryl methyl sites for hydroxylation is 1. The lowest BCUT2D eigenvalue weighted by atomic mass is 10.1. The average Bonchev–Trinajstić information content (AvgIpc) is 3.31. The zero-order valence-electron chi connectivity index (χ0n) is 17.3. The molecule has 2 aliphatic rings. The molecule has 2 fully saturated rings. The van der Waals surface area contributed by atoms with Gasteiger partial charge in [0.05, 0.1) is 42.8 Å². The Morgan fingerprint density at radius 2 is 1.87 bits per heavy atom. The summed E-state index contributed by atoms with van der Waals surface area (Å²) in [4.78, 5) is 41.0. The summed E-state index contributed by atoms with van der Waals surface area (Å²) in [6, 6.07) is 5.90. The van der Waals surface area contributed by atoms with Gasteiger partial charge in [-0.15, -0.1) is 0 Å². The highest BCUT2D eigenvalue weighted by Gasteiger charge is 2.37. The van der Waals surface area contributed by atoms with Gasteiger partial charge in [-0.05, 0) is 24.6 Å². The van der Waals surface area contributed by atoms with Crippen LogP contribution in [-0.2, 0) is 25.5 Å². The van der Waals surface area contributed by atoms with E-state index in [0.717, 1.165) is 35.5 Å². The maximum absolute atomic E-state index is 12.7. The summed E-state index contributed by atoms with van der Waals surface area (Å²) in [5, 5.41) is 24.2. The lowest BCUT2D eigenvalue weighted by Crippen LogP contribution is -2.49. The van der Waals surface area contributed by atoms with Crippen LogP contribution in [-0.4, -0.2) is 105 Å². The molecule has 1 aromatic carbocycles. The molecule has 31 heavy (non-hydrogen) atoms. The molecular formula is C20H28N4O7. The van der Waals surface area contributed by atoms with Crippen LogP contribution in [0.15, 0.2) is 18.2 Å². The maximum Gasteiger partial charge on any atom is 0.290 e. The van der Waals surface area contributed by atoms with Crippen molar-refractivity contribution in [2.45, 2.75) is 25.5 Å². The van der Waals surface area contributed by atoms with E-state index in [1.54, 1.807) is 4.90 Å². The predicted molar refractivity (Wildman–Crippen MR) is 111 cm³/mol. The van der Waals surface area contributed by atoms with Crippen molar-refractivity contribution < 1.29 is 34.4 Å². The largest absolute Gasteiger partial charge is 0.483 e. The van der Waals surface area contributed by atoms with Gasteiger partial charge in [0.15, 0.2) is 0 Å². The number of morpholine rings is 1. The van der Waals surface area contributed by atoms with Gasteiger partial charge in [-0.3, -0.25) is 19.3 Å². The van der Waals surface area contributed by atoms with E-state index in [2.05, 4.69) is 14.9 Å². The fraction of sp³-hybridized carbons (Fsp3) is 0.500. The van der Waals surface area contributed by atoms with Crippen molar-refractivity contribution in [3.63, 3.8) is 0 Å². The predicted octanol–water partition coefficient (Wildman–Crippen LogP) is -0.281. The summed E-state index contributed by atoms with van der Waals surface area (Å²) in [5.74, 6) is 0.930. The fourth-order valence-corrected chi connectivity index (χ4v) is 3.82. The number of hydrogen-bond acceptors (Lipinski definition) is 7. The van der Waals surface area contributed by atoms with Gasteiger partial charge in [0.1, 0.15) is 5.82 Å². The van der Waals surface area contributed by atoms with Crippen LogP contribution < -0.4 is 0 Å². The first-order valence-corrected chi connectivity index (χ1v) is 9.82. The molecule has 4 rings (SSSR count). The van der Waals surface area contributed by atoms with E-state index < -0.39 is 6.10 Å². The Bertz CT molecular complexity index is 860. The Labute approximate surface area is 179 Å². The molecule has 4 N–H and O–H groups in total. The molecule has 11 nitrogen and oxygen atoms in total. The third kappa shape index (κ3) is 6.74. The van der Waals surface area contributed by atoms with Crippen molar-refractivity contribution in [2.75, 3.05) is 39.4 Å². The van der Waals surface area contributed by atoms with Crippen molar-refractivity contribution in [2.24, 2.45) is 0 Å². The molecule has 1 amide bonds.